The summed E-state index contributed by atoms with van der Waals surface area (Å²) in [5.74, 6) is 0. The molecule has 1 aromatic heterocycles. The van der Waals surface area contributed by atoms with Gasteiger partial charge in [-0.1, -0.05) is 13.8 Å². The fourth-order valence-electron chi connectivity index (χ4n) is 2.28. The summed E-state index contributed by atoms with van der Waals surface area (Å²) >= 11 is 0. The molecule has 2 rings (SSSR count). The number of nitrogens with one attached hydrogen (secondary N) is 1. The molecule has 120 valence electrons. The SMILES string of the molecule is CCCN(CC)S(=O)(=O)c1cnn(CCCNC2CC2)c1. The van der Waals surface area contributed by atoms with E-state index in [0.717, 1.165) is 25.9 Å². The zero-order chi connectivity index (χ0) is 15.3. The molecule has 0 aliphatic heterocycles. The number of hydrogen-bond acceptors (Lipinski definition) is 4. The first-order chi connectivity index (χ1) is 10.1. The Labute approximate surface area is 127 Å². The minimum atomic E-state index is -3.39. The van der Waals surface area contributed by atoms with Crippen molar-refractivity contribution in [2.24, 2.45) is 0 Å². The molecule has 1 saturated carbocycles. The number of sulfonamides is 1. The maximum atomic E-state index is 12.5. The molecular weight excluding hydrogens is 288 g/mol. The third kappa shape index (κ3) is 4.52. The molecule has 0 saturated heterocycles. The van der Waals surface area contributed by atoms with Crippen molar-refractivity contribution < 1.29 is 8.42 Å². The average molecular weight is 314 g/mol. The molecular formula is C14H26N4O2S. The van der Waals surface area contributed by atoms with E-state index >= 15 is 0 Å². The van der Waals surface area contributed by atoms with Gasteiger partial charge in [-0.3, -0.25) is 4.68 Å². The largest absolute Gasteiger partial charge is 0.314 e. The summed E-state index contributed by atoms with van der Waals surface area (Å²) in [7, 11) is -3.39. The summed E-state index contributed by atoms with van der Waals surface area (Å²) in [6, 6.07) is 0.714. The summed E-state index contributed by atoms with van der Waals surface area (Å²) in [5.41, 5.74) is 0. The van der Waals surface area contributed by atoms with E-state index < -0.39 is 10.0 Å². The van der Waals surface area contributed by atoms with Crippen LogP contribution in [0.2, 0.25) is 0 Å². The Morgan fingerprint density at radius 1 is 1.43 bits per heavy atom. The maximum Gasteiger partial charge on any atom is 0.246 e. The molecule has 0 unspecified atom stereocenters. The fourth-order valence-corrected chi connectivity index (χ4v) is 3.78. The molecule has 0 bridgehead atoms. The van der Waals surface area contributed by atoms with Crippen LogP contribution in [0.1, 0.15) is 39.5 Å². The van der Waals surface area contributed by atoms with E-state index in [-0.39, 0.29) is 0 Å². The molecule has 1 N–H and O–H groups in total. The first-order valence-electron chi connectivity index (χ1n) is 7.84. The molecule has 1 heterocycles. The second kappa shape index (κ2) is 7.38. The Kier molecular flexibility index (Phi) is 5.78. The van der Waals surface area contributed by atoms with E-state index in [1.54, 1.807) is 10.9 Å². The molecule has 21 heavy (non-hydrogen) atoms. The van der Waals surface area contributed by atoms with E-state index in [1.807, 2.05) is 13.8 Å². The number of hydrogen-bond donors (Lipinski definition) is 1. The van der Waals surface area contributed by atoms with Crippen molar-refractivity contribution in [3.8, 4) is 0 Å². The van der Waals surface area contributed by atoms with Crippen molar-refractivity contribution in [3.63, 3.8) is 0 Å². The lowest BCUT2D eigenvalue weighted by atomic mass is 10.4. The Bertz CT molecular complexity index is 537. The highest BCUT2D eigenvalue weighted by atomic mass is 32.2. The van der Waals surface area contributed by atoms with Gasteiger partial charge in [-0.05, 0) is 32.2 Å². The lowest BCUT2D eigenvalue weighted by molar-refractivity contribution is 0.427. The minimum absolute atomic E-state index is 0.299. The standard InChI is InChI=1S/C14H26N4O2S/c1-3-9-18(4-2)21(19,20)14-11-16-17(12-14)10-5-8-15-13-6-7-13/h11-13,15H,3-10H2,1-2H3. The van der Waals surface area contributed by atoms with Gasteiger partial charge in [0.25, 0.3) is 0 Å². The number of aromatic nitrogens is 2. The van der Waals surface area contributed by atoms with E-state index in [1.165, 1.54) is 23.3 Å². The smallest absolute Gasteiger partial charge is 0.246 e. The first-order valence-corrected chi connectivity index (χ1v) is 9.28. The van der Waals surface area contributed by atoms with Crippen molar-refractivity contribution in [2.75, 3.05) is 19.6 Å². The second-order valence-electron chi connectivity index (χ2n) is 5.52. The summed E-state index contributed by atoms with van der Waals surface area (Å²) in [6.45, 7) is 6.59. The fraction of sp³-hybridized carbons (Fsp3) is 0.786. The van der Waals surface area contributed by atoms with Crippen LogP contribution in [0.3, 0.4) is 0 Å². The molecule has 0 atom stereocenters. The monoisotopic (exact) mass is 314 g/mol. The summed E-state index contributed by atoms with van der Waals surface area (Å²) < 4.78 is 28.1. The highest BCUT2D eigenvalue weighted by Gasteiger charge is 2.24. The van der Waals surface area contributed by atoms with Gasteiger partial charge in [0, 0.05) is 31.9 Å². The van der Waals surface area contributed by atoms with Crippen LogP contribution in [0.4, 0.5) is 0 Å². The number of rotatable bonds is 10. The molecule has 1 fully saturated rings. The predicted octanol–water partition coefficient (Wildman–Crippen LogP) is 1.45. The van der Waals surface area contributed by atoms with E-state index in [2.05, 4.69) is 10.4 Å². The highest BCUT2D eigenvalue weighted by molar-refractivity contribution is 7.89. The van der Waals surface area contributed by atoms with Crippen molar-refractivity contribution in [3.05, 3.63) is 12.4 Å². The Morgan fingerprint density at radius 2 is 2.19 bits per heavy atom. The van der Waals surface area contributed by atoms with Crippen molar-refractivity contribution in [2.45, 2.75) is 57.0 Å². The Morgan fingerprint density at radius 3 is 2.81 bits per heavy atom. The van der Waals surface area contributed by atoms with Gasteiger partial charge in [0.05, 0.1) is 6.20 Å². The molecule has 0 radical (unpaired) electrons. The number of nitrogens with zero attached hydrogens (tertiary/aromatic N) is 3. The zero-order valence-corrected chi connectivity index (χ0v) is 13.8. The van der Waals surface area contributed by atoms with Crippen LogP contribution in [0.5, 0.6) is 0 Å². The van der Waals surface area contributed by atoms with Gasteiger partial charge in [-0.2, -0.15) is 9.40 Å². The molecule has 1 aromatic rings. The minimum Gasteiger partial charge on any atom is -0.314 e. The molecule has 1 aliphatic carbocycles. The summed E-state index contributed by atoms with van der Waals surface area (Å²) in [5, 5.41) is 7.62. The van der Waals surface area contributed by atoms with Crippen LogP contribution in [0, 0.1) is 0 Å². The first kappa shape index (κ1) is 16.5. The second-order valence-corrected chi connectivity index (χ2v) is 7.46. The van der Waals surface area contributed by atoms with Crippen LogP contribution < -0.4 is 5.32 Å². The Balaban J connectivity index is 1.90. The molecule has 0 spiro atoms. The highest BCUT2D eigenvalue weighted by Crippen LogP contribution is 2.18. The Hall–Kier alpha value is -0.920. The van der Waals surface area contributed by atoms with Crippen LogP contribution >= 0.6 is 0 Å². The lowest BCUT2D eigenvalue weighted by Crippen LogP contribution is -2.31. The molecule has 0 amide bonds. The molecule has 7 heteroatoms. The van der Waals surface area contributed by atoms with Crippen LogP contribution in [-0.4, -0.2) is 48.2 Å². The van der Waals surface area contributed by atoms with Gasteiger partial charge in [0.1, 0.15) is 4.90 Å². The van der Waals surface area contributed by atoms with Crippen LogP contribution in [0.25, 0.3) is 0 Å². The third-order valence-corrected chi connectivity index (χ3v) is 5.57. The normalized spacial score (nSPS) is 15.8. The van der Waals surface area contributed by atoms with Crippen molar-refractivity contribution in [1.29, 1.82) is 0 Å². The average Bonchev–Trinajstić information content (AvgIpc) is 3.16. The van der Waals surface area contributed by atoms with Crippen molar-refractivity contribution in [1.82, 2.24) is 19.4 Å². The summed E-state index contributed by atoms with van der Waals surface area (Å²) in [6.07, 6.45) is 7.45. The van der Waals surface area contributed by atoms with Gasteiger partial charge < -0.3 is 5.32 Å². The third-order valence-electron chi connectivity index (χ3n) is 3.65. The van der Waals surface area contributed by atoms with Gasteiger partial charge >= 0.3 is 0 Å². The number of aryl methyl sites for hydroxylation is 1. The molecule has 6 nitrogen and oxygen atoms in total. The van der Waals surface area contributed by atoms with E-state index in [0.29, 0.717) is 24.0 Å². The molecule has 1 aliphatic rings. The van der Waals surface area contributed by atoms with Gasteiger partial charge in [0.15, 0.2) is 0 Å². The quantitative estimate of drug-likeness (QED) is 0.664. The van der Waals surface area contributed by atoms with Crippen LogP contribution in [-0.2, 0) is 16.6 Å². The van der Waals surface area contributed by atoms with Gasteiger partial charge in [-0.25, -0.2) is 8.42 Å². The molecule has 0 aromatic carbocycles. The van der Waals surface area contributed by atoms with E-state index in [9.17, 15) is 8.42 Å². The van der Waals surface area contributed by atoms with Gasteiger partial charge in [-0.15, -0.1) is 0 Å². The predicted molar refractivity (Wildman–Crippen MR) is 82.6 cm³/mol. The van der Waals surface area contributed by atoms with Crippen LogP contribution in [0.15, 0.2) is 17.3 Å². The topological polar surface area (TPSA) is 67.2 Å². The maximum absolute atomic E-state index is 12.5. The van der Waals surface area contributed by atoms with Gasteiger partial charge in [0.2, 0.25) is 10.0 Å². The van der Waals surface area contributed by atoms with Crippen molar-refractivity contribution >= 4 is 10.0 Å². The van der Waals surface area contributed by atoms with E-state index in [4.69, 9.17) is 0 Å². The lowest BCUT2D eigenvalue weighted by Gasteiger charge is -2.18. The zero-order valence-electron chi connectivity index (χ0n) is 13.0. The summed E-state index contributed by atoms with van der Waals surface area (Å²) in [4.78, 5) is 0.299.